The highest BCUT2D eigenvalue weighted by molar-refractivity contribution is 5.32. The van der Waals surface area contributed by atoms with Gasteiger partial charge in [-0.25, -0.2) is 0 Å². The van der Waals surface area contributed by atoms with Gasteiger partial charge in [-0.05, 0) is 26.0 Å². The van der Waals surface area contributed by atoms with Gasteiger partial charge in [-0.15, -0.1) is 0 Å². The zero-order chi connectivity index (χ0) is 15.2. The molecule has 2 N–H and O–H groups in total. The molecule has 0 spiro atoms. The fraction of sp³-hybridized carbons (Fsp3) is 0.625. The topological polar surface area (TPSA) is 52.4 Å². The molecule has 0 radical (unpaired) electrons. The Labute approximate surface area is 126 Å². The molecule has 5 heteroatoms. The summed E-state index contributed by atoms with van der Waals surface area (Å²) < 4.78 is 16.5. The predicted molar refractivity (Wildman–Crippen MR) is 80.1 cm³/mol. The first kappa shape index (κ1) is 16.1. The van der Waals surface area contributed by atoms with E-state index in [1.165, 1.54) is 4.90 Å². The van der Waals surface area contributed by atoms with E-state index < -0.39 is 6.10 Å². The maximum atomic E-state index is 10.1. The third-order valence-electron chi connectivity index (χ3n) is 3.62. The molecule has 0 bridgehead atoms. The Balaban J connectivity index is 1.77. The van der Waals surface area contributed by atoms with Gasteiger partial charge in [0.15, 0.2) is 0 Å². The van der Waals surface area contributed by atoms with Crippen molar-refractivity contribution >= 4 is 0 Å². The maximum absolute atomic E-state index is 10.1. The molecule has 4 atom stereocenters. The molecule has 1 unspecified atom stereocenters. The summed E-state index contributed by atoms with van der Waals surface area (Å²) in [7, 11) is 1.62. The first-order chi connectivity index (χ1) is 10.1. The van der Waals surface area contributed by atoms with Crippen molar-refractivity contribution in [2.45, 2.75) is 32.2 Å². The van der Waals surface area contributed by atoms with Gasteiger partial charge in [-0.1, -0.05) is 6.07 Å². The van der Waals surface area contributed by atoms with Crippen LogP contribution < -0.4 is 14.4 Å². The normalized spacial score (nSPS) is 27.1. The zero-order valence-electron chi connectivity index (χ0n) is 13.0. The Morgan fingerprint density at radius 2 is 1.95 bits per heavy atom. The monoisotopic (exact) mass is 296 g/mol. The average molecular weight is 296 g/mol. The van der Waals surface area contributed by atoms with Crippen molar-refractivity contribution in [1.82, 2.24) is 0 Å². The Bertz CT molecular complexity index is 430. The molecule has 0 amide bonds. The van der Waals surface area contributed by atoms with E-state index in [0.717, 1.165) is 18.8 Å². The highest BCUT2D eigenvalue weighted by Gasteiger charge is 2.27. The van der Waals surface area contributed by atoms with Crippen molar-refractivity contribution in [3.8, 4) is 11.5 Å². The molecular weight excluding hydrogens is 270 g/mol. The SMILES string of the molecule is COc1cccc(OC[C@@H](O)C[NH+]2C[C@@H](C)O[C@@H](C)C2)c1. The molecule has 5 nitrogen and oxygen atoms in total. The molecule has 2 rings (SSSR count). The van der Waals surface area contributed by atoms with Gasteiger partial charge in [0.05, 0.1) is 7.11 Å². The highest BCUT2D eigenvalue weighted by Crippen LogP contribution is 2.18. The van der Waals surface area contributed by atoms with E-state index >= 15 is 0 Å². The second kappa shape index (κ2) is 7.64. The van der Waals surface area contributed by atoms with Gasteiger partial charge in [-0.2, -0.15) is 0 Å². The second-order valence-corrected chi connectivity index (χ2v) is 5.76. The van der Waals surface area contributed by atoms with Gasteiger partial charge in [-0.3, -0.25) is 0 Å². The van der Waals surface area contributed by atoms with Crippen LogP contribution in [-0.2, 0) is 4.74 Å². The largest absolute Gasteiger partial charge is 0.497 e. The quantitative estimate of drug-likeness (QED) is 0.783. The van der Waals surface area contributed by atoms with E-state index in [-0.39, 0.29) is 12.2 Å². The Morgan fingerprint density at radius 3 is 2.62 bits per heavy atom. The zero-order valence-corrected chi connectivity index (χ0v) is 13.0. The first-order valence-corrected chi connectivity index (χ1v) is 7.50. The molecule has 1 fully saturated rings. The number of hydrogen-bond donors (Lipinski definition) is 2. The van der Waals surface area contributed by atoms with Gasteiger partial charge in [0.1, 0.15) is 56.1 Å². The number of aliphatic hydroxyl groups is 1. The molecule has 21 heavy (non-hydrogen) atoms. The maximum Gasteiger partial charge on any atom is 0.137 e. The van der Waals surface area contributed by atoms with E-state index in [0.29, 0.717) is 18.9 Å². The summed E-state index contributed by atoms with van der Waals surface area (Å²) in [4.78, 5) is 1.36. The number of nitrogens with one attached hydrogen (secondary N) is 1. The van der Waals surface area contributed by atoms with Crippen LogP contribution >= 0.6 is 0 Å². The van der Waals surface area contributed by atoms with Crippen molar-refractivity contribution < 1.29 is 24.2 Å². The van der Waals surface area contributed by atoms with Gasteiger partial charge >= 0.3 is 0 Å². The molecule has 118 valence electrons. The van der Waals surface area contributed by atoms with Crippen LogP contribution in [0.3, 0.4) is 0 Å². The number of methoxy groups -OCH3 is 1. The molecule has 1 saturated heterocycles. The van der Waals surface area contributed by atoms with Crippen LogP contribution in [0.25, 0.3) is 0 Å². The number of quaternary nitrogens is 1. The Morgan fingerprint density at radius 1 is 1.29 bits per heavy atom. The summed E-state index contributed by atoms with van der Waals surface area (Å²) >= 11 is 0. The summed E-state index contributed by atoms with van der Waals surface area (Å²) in [6.45, 7) is 6.99. The molecule has 1 aromatic carbocycles. The summed E-state index contributed by atoms with van der Waals surface area (Å²) in [5.41, 5.74) is 0. The van der Waals surface area contributed by atoms with Gasteiger partial charge < -0.3 is 24.2 Å². The number of aliphatic hydroxyl groups excluding tert-OH is 1. The lowest BCUT2D eigenvalue weighted by Crippen LogP contribution is -3.16. The molecular formula is C16H26NO4+. The van der Waals surface area contributed by atoms with E-state index in [1.807, 2.05) is 24.3 Å². The lowest BCUT2D eigenvalue weighted by molar-refractivity contribution is -0.918. The molecule has 1 heterocycles. The van der Waals surface area contributed by atoms with Crippen LogP contribution in [0.5, 0.6) is 11.5 Å². The Kier molecular flexibility index (Phi) is 5.85. The number of ether oxygens (including phenoxy) is 3. The van der Waals surface area contributed by atoms with E-state index in [1.54, 1.807) is 7.11 Å². The lowest BCUT2D eigenvalue weighted by Gasteiger charge is -2.33. The lowest BCUT2D eigenvalue weighted by atomic mass is 10.2. The summed E-state index contributed by atoms with van der Waals surface area (Å²) in [5, 5.41) is 10.1. The van der Waals surface area contributed by atoms with E-state index in [4.69, 9.17) is 14.2 Å². The Hall–Kier alpha value is -1.30. The fourth-order valence-electron chi connectivity index (χ4n) is 2.83. The van der Waals surface area contributed by atoms with E-state index in [2.05, 4.69) is 13.8 Å². The molecule has 1 aromatic rings. The number of benzene rings is 1. The standard InChI is InChI=1S/C16H25NO4/c1-12-8-17(9-13(2)21-12)10-14(18)11-20-16-6-4-5-15(7-16)19-3/h4-7,12-14,18H,8-11H2,1-3H3/p+1/t12-,13+,14-/m0/s1. The molecule has 0 saturated carbocycles. The summed E-state index contributed by atoms with van der Waals surface area (Å²) in [5.74, 6) is 1.47. The van der Waals surface area contributed by atoms with Crippen LogP contribution in [-0.4, -0.2) is 56.8 Å². The van der Waals surface area contributed by atoms with Gasteiger partial charge in [0.25, 0.3) is 0 Å². The minimum absolute atomic E-state index is 0.246. The number of morpholine rings is 1. The van der Waals surface area contributed by atoms with Crippen LogP contribution in [0.4, 0.5) is 0 Å². The number of hydrogen-bond acceptors (Lipinski definition) is 4. The number of rotatable bonds is 6. The second-order valence-electron chi connectivity index (χ2n) is 5.76. The van der Waals surface area contributed by atoms with Crippen LogP contribution in [0, 0.1) is 0 Å². The summed E-state index contributed by atoms with van der Waals surface area (Å²) in [6, 6.07) is 7.42. The van der Waals surface area contributed by atoms with Gasteiger partial charge in [0, 0.05) is 6.07 Å². The van der Waals surface area contributed by atoms with Gasteiger partial charge in [0.2, 0.25) is 0 Å². The minimum Gasteiger partial charge on any atom is -0.497 e. The van der Waals surface area contributed by atoms with Crippen LogP contribution in [0.2, 0.25) is 0 Å². The van der Waals surface area contributed by atoms with Crippen molar-refractivity contribution in [2.24, 2.45) is 0 Å². The van der Waals surface area contributed by atoms with Crippen LogP contribution in [0.1, 0.15) is 13.8 Å². The van der Waals surface area contributed by atoms with Crippen LogP contribution in [0.15, 0.2) is 24.3 Å². The third-order valence-corrected chi connectivity index (χ3v) is 3.62. The van der Waals surface area contributed by atoms with Crippen molar-refractivity contribution in [1.29, 1.82) is 0 Å². The molecule has 0 aromatic heterocycles. The molecule has 1 aliphatic heterocycles. The highest BCUT2D eigenvalue weighted by atomic mass is 16.5. The fourth-order valence-corrected chi connectivity index (χ4v) is 2.83. The molecule has 1 aliphatic rings. The third kappa shape index (κ3) is 5.19. The predicted octanol–water partition coefficient (Wildman–Crippen LogP) is 0.127. The average Bonchev–Trinajstić information content (AvgIpc) is 2.44. The smallest absolute Gasteiger partial charge is 0.137 e. The first-order valence-electron chi connectivity index (χ1n) is 7.50. The van der Waals surface area contributed by atoms with Crippen molar-refractivity contribution in [2.75, 3.05) is 33.4 Å². The minimum atomic E-state index is -0.483. The molecule has 0 aliphatic carbocycles. The van der Waals surface area contributed by atoms with Crippen molar-refractivity contribution in [3.05, 3.63) is 24.3 Å². The summed E-state index contributed by atoms with van der Waals surface area (Å²) in [6.07, 6.45) is 0.00852. The van der Waals surface area contributed by atoms with Crippen molar-refractivity contribution in [3.63, 3.8) is 0 Å². The van der Waals surface area contributed by atoms with E-state index in [9.17, 15) is 5.11 Å².